The lowest BCUT2D eigenvalue weighted by Gasteiger charge is -2.22. The molecule has 0 spiro atoms. The second-order valence-corrected chi connectivity index (χ2v) is 10.8. The molecular weight excluding hydrogens is 581 g/mol. The van der Waals surface area contributed by atoms with Gasteiger partial charge in [-0.2, -0.15) is 5.26 Å². The molecule has 0 radical (unpaired) electrons. The fourth-order valence-corrected chi connectivity index (χ4v) is 5.55. The zero-order valence-corrected chi connectivity index (χ0v) is 23.6. The molecule has 0 unspecified atom stereocenters. The van der Waals surface area contributed by atoms with E-state index in [2.05, 4.69) is 37.3 Å². The number of benzene rings is 3. The molecule has 2 aromatic heterocycles. The summed E-state index contributed by atoms with van der Waals surface area (Å²) in [6, 6.07) is 15.8. The number of aromatic nitrogens is 4. The number of rotatable bonds is 7. The van der Waals surface area contributed by atoms with Crippen LogP contribution in [0, 0.1) is 23.0 Å². The van der Waals surface area contributed by atoms with Crippen LogP contribution >= 0.6 is 23.2 Å². The molecule has 1 aliphatic heterocycles. The van der Waals surface area contributed by atoms with Crippen molar-refractivity contribution in [3.8, 4) is 6.07 Å². The lowest BCUT2D eigenvalue weighted by Crippen LogP contribution is -2.29. The van der Waals surface area contributed by atoms with Crippen LogP contribution in [0.2, 0.25) is 10.0 Å². The van der Waals surface area contributed by atoms with Crippen LogP contribution in [0.15, 0.2) is 67.0 Å². The Hall–Kier alpha value is -4.30. The first-order valence-electron chi connectivity index (χ1n) is 13.3. The van der Waals surface area contributed by atoms with Crippen LogP contribution < -0.4 is 16.0 Å². The predicted molar refractivity (Wildman–Crippen MR) is 159 cm³/mol. The maximum atomic E-state index is 13.9. The third-order valence-electron chi connectivity index (χ3n) is 7.26. The van der Waals surface area contributed by atoms with E-state index in [-0.39, 0.29) is 22.4 Å². The van der Waals surface area contributed by atoms with E-state index in [1.807, 2.05) is 16.9 Å². The third kappa shape index (κ3) is 5.72. The van der Waals surface area contributed by atoms with Crippen molar-refractivity contribution in [3.63, 3.8) is 0 Å². The molecule has 8 nitrogen and oxygen atoms in total. The van der Waals surface area contributed by atoms with Gasteiger partial charge in [-0.1, -0.05) is 40.5 Å². The average molecular weight is 605 g/mol. The summed E-state index contributed by atoms with van der Waals surface area (Å²) in [5.41, 5.74) is 3.68. The quantitative estimate of drug-likeness (QED) is 0.181. The summed E-state index contributed by atoms with van der Waals surface area (Å²) in [6.07, 6.45) is 5.23. The van der Waals surface area contributed by atoms with E-state index in [0.29, 0.717) is 38.7 Å². The number of pyridine rings is 1. The molecule has 0 saturated carbocycles. The second-order valence-electron chi connectivity index (χ2n) is 10.0. The molecule has 1 aliphatic rings. The summed E-state index contributed by atoms with van der Waals surface area (Å²) in [5.74, 6) is -0.905. The van der Waals surface area contributed by atoms with Gasteiger partial charge in [-0.3, -0.25) is 4.98 Å². The van der Waals surface area contributed by atoms with E-state index in [1.165, 1.54) is 36.5 Å². The van der Waals surface area contributed by atoms with E-state index in [0.717, 1.165) is 31.5 Å². The van der Waals surface area contributed by atoms with Gasteiger partial charge >= 0.3 is 0 Å². The Kier molecular flexibility index (Phi) is 7.89. The fourth-order valence-electron chi connectivity index (χ4n) is 5.10. The largest absolute Gasteiger partial charge is 0.373 e. The summed E-state index contributed by atoms with van der Waals surface area (Å²) in [7, 11) is 0. The van der Waals surface area contributed by atoms with Crippen molar-refractivity contribution < 1.29 is 8.78 Å². The normalized spacial score (nSPS) is 14.5. The minimum absolute atomic E-state index is 0.0584. The van der Waals surface area contributed by atoms with Gasteiger partial charge in [0.05, 0.1) is 45.1 Å². The number of hydrogen-bond donors (Lipinski definition) is 3. The van der Waals surface area contributed by atoms with Crippen molar-refractivity contribution in [2.75, 3.05) is 23.7 Å². The van der Waals surface area contributed by atoms with E-state index < -0.39 is 11.9 Å². The fraction of sp³-hybridized carbons (Fsp3) is 0.200. The standard InChI is InChI=1S/C30H24Cl2F2N8/c31-24-12-20(5-6-26(24)34)38-28-18(14-35)15-37-30-23(28)11-21(13-25(30)32)39-29(17-1-3-19(33)4-2-17)27-16-42(41-40-27)22-7-9-36-10-8-22/h1-6,11-13,15-16,22,29,36,39H,7-10H2,(H,37,38)/t29-/m0/s1. The van der Waals surface area contributed by atoms with Gasteiger partial charge in [0.15, 0.2) is 0 Å². The number of fused-ring (bicyclic) bond motifs is 1. The smallest absolute Gasteiger partial charge is 0.141 e. The number of anilines is 3. The zero-order valence-electron chi connectivity index (χ0n) is 22.1. The van der Waals surface area contributed by atoms with E-state index in [1.54, 1.807) is 18.2 Å². The SMILES string of the molecule is N#Cc1cnc2c(Cl)cc(N[C@@H](c3ccc(F)cc3)c3cn(C4CCNCC4)nn3)cc2c1Nc1ccc(F)c(Cl)c1. The Morgan fingerprint density at radius 2 is 1.76 bits per heavy atom. The zero-order chi connectivity index (χ0) is 29.2. The van der Waals surface area contributed by atoms with Crippen molar-refractivity contribution in [1.29, 1.82) is 5.26 Å². The van der Waals surface area contributed by atoms with Crippen LogP contribution in [-0.4, -0.2) is 33.1 Å². The molecule has 0 bridgehead atoms. The van der Waals surface area contributed by atoms with E-state index in [9.17, 15) is 14.0 Å². The molecule has 1 atom stereocenters. The second kappa shape index (κ2) is 11.9. The molecule has 212 valence electrons. The van der Waals surface area contributed by atoms with E-state index >= 15 is 0 Å². The number of hydrogen-bond acceptors (Lipinski definition) is 7. The minimum atomic E-state index is -0.555. The maximum Gasteiger partial charge on any atom is 0.141 e. The number of nitrogens with one attached hydrogen (secondary N) is 3. The third-order valence-corrected chi connectivity index (χ3v) is 7.83. The minimum Gasteiger partial charge on any atom is -0.373 e. The molecule has 5 aromatic rings. The van der Waals surface area contributed by atoms with Crippen molar-refractivity contribution in [3.05, 3.63) is 105 Å². The Morgan fingerprint density at radius 1 is 1.00 bits per heavy atom. The van der Waals surface area contributed by atoms with Gasteiger partial charge in [0.25, 0.3) is 0 Å². The van der Waals surface area contributed by atoms with Crippen LogP contribution in [0.4, 0.5) is 25.8 Å². The Bertz CT molecular complexity index is 1800. The lowest BCUT2D eigenvalue weighted by molar-refractivity contribution is 0.337. The summed E-state index contributed by atoms with van der Waals surface area (Å²) in [6.45, 7) is 1.82. The molecule has 42 heavy (non-hydrogen) atoms. The molecule has 3 heterocycles. The summed E-state index contributed by atoms with van der Waals surface area (Å²) in [4.78, 5) is 4.41. The molecule has 3 N–H and O–H groups in total. The van der Waals surface area contributed by atoms with Crippen LogP contribution in [-0.2, 0) is 0 Å². The summed E-state index contributed by atoms with van der Waals surface area (Å²) < 4.78 is 29.5. The highest BCUT2D eigenvalue weighted by molar-refractivity contribution is 6.36. The van der Waals surface area contributed by atoms with Gasteiger partial charge in [0, 0.05) is 23.0 Å². The molecule has 0 amide bonds. The highest BCUT2D eigenvalue weighted by atomic mass is 35.5. The molecule has 3 aromatic carbocycles. The van der Waals surface area contributed by atoms with Crippen molar-refractivity contribution >= 4 is 51.2 Å². The van der Waals surface area contributed by atoms with Crippen LogP contribution in [0.25, 0.3) is 10.9 Å². The molecule has 1 saturated heterocycles. The number of piperidine rings is 1. The highest BCUT2D eigenvalue weighted by Crippen LogP contribution is 2.37. The van der Waals surface area contributed by atoms with Crippen molar-refractivity contribution in [2.45, 2.75) is 24.9 Å². The number of halogens is 4. The average Bonchev–Trinajstić information content (AvgIpc) is 3.49. The first-order chi connectivity index (χ1) is 20.4. The Morgan fingerprint density at radius 3 is 2.50 bits per heavy atom. The topological polar surface area (TPSA) is 103 Å². The highest BCUT2D eigenvalue weighted by Gasteiger charge is 2.23. The summed E-state index contributed by atoms with van der Waals surface area (Å²) >= 11 is 12.7. The van der Waals surface area contributed by atoms with Crippen molar-refractivity contribution in [2.24, 2.45) is 0 Å². The van der Waals surface area contributed by atoms with Gasteiger partial charge in [-0.25, -0.2) is 13.5 Å². The summed E-state index contributed by atoms with van der Waals surface area (Å²) in [5, 5.41) is 29.6. The van der Waals surface area contributed by atoms with Gasteiger partial charge in [0.2, 0.25) is 0 Å². The Balaban J connectivity index is 1.41. The predicted octanol–water partition coefficient (Wildman–Crippen LogP) is 7.15. The molecule has 0 aliphatic carbocycles. The number of nitrogens with zero attached hydrogens (tertiary/aromatic N) is 5. The van der Waals surface area contributed by atoms with Crippen LogP contribution in [0.3, 0.4) is 0 Å². The van der Waals surface area contributed by atoms with Crippen LogP contribution in [0.5, 0.6) is 0 Å². The molecule has 12 heteroatoms. The van der Waals surface area contributed by atoms with E-state index in [4.69, 9.17) is 23.2 Å². The number of nitriles is 1. The Labute approximate surface area is 250 Å². The molecular formula is C30H24Cl2F2N8. The van der Waals surface area contributed by atoms with Gasteiger partial charge in [0.1, 0.15) is 23.4 Å². The molecule has 1 fully saturated rings. The maximum absolute atomic E-state index is 13.9. The van der Waals surface area contributed by atoms with Gasteiger partial charge in [-0.05, 0) is 74.0 Å². The van der Waals surface area contributed by atoms with Gasteiger partial charge in [-0.15, -0.1) is 5.10 Å². The van der Waals surface area contributed by atoms with Crippen molar-refractivity contribution in [1.82, 2.24) is 25.3 Å². The molecule has 6 rings (SSSR count). The van der Waals surface area contributed by atoms with Crippen LogP contribution in [0.1, 0.15) is 41.7 Å². The first kappa shape index (κ1) is 27.8. The first-order valence-corrected chi connectivity index (χ1v) is 14.0. The monoisotopic (exact) mass is 604 g/mol. The van der Waals surface area contributed by atoms with Gasteiger partial charge < -0.3 is 16.0 Å². The lowest BCUT2D eigenvalue weighted by atomic mass is 10.0.